The smallest absolute Gasteiger partial charge is 0.197 e. The molecule has 0 saturated heterocycles. The van der Waals surface area contributed by atoms with E-state index in [-0.39, 0.29) is 0 Å². The second kappa shape index (κ2) is 3.63. The van der Waals surface area contributed by atoms with E-state index in [0.717, 1.165) is 31.0 Å². The lowest BCUT2D eigenvalue weighted by molar-refractivity contribution is 0.314. The Bertz CT molecular complexity index is 355. The van der Waals surface area contributed by atoms with Crippen LogP contribution in [0.2, 0.25) is 0 Å². The van der Waals surface area contributed by atoms with Gasteiger partial charge in [-0.15, -0.1) is 0 Å². The van der Waals surface area contributed by atoms with Gasteiger partial charge in [-0.2, -0.15) is 0 Å². The molecule has 3 heteroatoms. The molecule has 0 spiro atoms. The number of rotatable bonds is 2. The summed E-state index contributed by atoms with van der Waals surface area (Å²) in [4.78, 5) is 4.63. The van der Waals surface area contributed by atoms with Crippen LogP contribution in [-0.4, -0.2) is 11.5 Å². The van der Waals surface area contributed by atoms with E-state index < -0.39 is 0 Å². The number of hydrogen-bond donors (Lipinski definition) is 1. The molecule has 3 nitrogen and oxygen atoms in total. The van der Waals surface area contributed by atoms with Crippen molar-refractivity contribution in [2.45, 2.75) is 44.4 Å². The Kier molecular flexibility index (Phi) is 2.28. The molecule has 15 heavy (non-hydrogen) atoms. The summed E-state index contributed by atoms with van der Waals surface area (Å²) in [5.41, 5.74) is 6.91. The average Bonchev–Trinajstić information content (AvgIpc) is 2.56. The Morgan fingerprint density at radius 2 is 2.20 bits per heavy atom. The van der Waals surface area contributed by atoms with E-state index in [1.807, 2.05) is 0 Å². The molecule has 1 saturated carbocycles. The molecule has 1 aromatic heterocycles. The van der Waals surface area contributed by atoms with Crippen LogP contribution in [0.15, 0.2) is 4.42 Å². The Hall–Kier alpha value is -0.830. The predicted octanol–water partition coefficient (Wildman–Crippen LogP) is 2.01. The maximum Gasteiger partial charge on any atom is 0.197 e. The summed E-state index contributed by atoms with van der Waals surface area (Å²) in [6.45, 7) is 0.777. The molecule has 0 radical (unpaired) electrons. The van der Waals surface area contributed by atoms with Crippen LogP contribution in [0.1, 0.15) is 48.9 Å². The first-order valence-corrected chi connectivity index (χ1v) is 6.05. The van der Waals surface area contributed by atoms with Crippen molar-refractivity contribution in [3.05, 3.63) is 17.3 Å². The zero-order chi connectivity index (χ0) is 10.3. The minimum absolute atomic E-state index is 0.611. The van der Waals surface area contributed by atoms with Crippen molar-refractivity contribution in [2.75, 3.05) is 6.54 Å². The fraction of sp³-hybridized carbons (Fsp3) is 0.750. The van der Waals surface area contributed by atoms with Gasteiger partial charge < -0.3 is 10.2 Å². The summed E-state index contributed by atoms with van der Waals surface area (Å²) in [6, 6.07) is 0. The highest BCUT2D eigenvalue weighted by Gasteiger charge is 2.29. The van der Waals surface area contributed by atoms with Crippen molar-refractivity contribution in [3.8, 4) is 0 Å². The largest absolute Gasteiger partial charge is 0.445 e. The molecule has 0 amide bonds. The van der Waals surface area contributed by atoms with Crippen LogP contribution in [0, 0.1) is 5.92 Å². The van der Waals surface area contributed by atoms with Crippen molar-refractivity contribution in [3.63, 3.8) is 0 Å². The van der Waals surface area contributed by atoms with Crippen LogP contribution < -0.4 is 5.73 Å². The first-order valence-electron chi connectivity index (χ1n) is 6.05. The van der Waals surface area contributed by atoms with Gasteiger partial charge in [0, 0.05) is 12.3 Å². The van der Waals surface area contributed by atoms with E-state index in [0.29, 0.717) is 11.8 Å². The quantitative estimate of drug-likeness (QED) is 0.805. The zero-order valence-electron chi connectivity index (χ0n) is 9.04. The van der Waals surface area contributed by atoms with Crippen LogP contribution in [0.3, 0.4) is 0 Å². The minimum Gasteiger partial charge on any atom is -0.445 e. The molecule has 1 fully saturated rings. The van der Waals surface area contributed by atoms with E-state index >= 15 is 0 Å². The maximum atomic E-state index is 5.88. The maximum absolute atomic E-state index is 5.88. The van der Waals surface area contributed by atoms with E-state index in [1.165, 1.54) is 31.4 Å². The van der Waals surface area contributed by atoms with Gasteiger partial charge in [0.2, 0.25) is 0 Å². The Morgan fingerprint density at radius 3 is 2.87 bits per heavy atom. The van der Waals surface area contributed by atoms with Crippen LogP contribution in [0.25, 0.3) is 0 Å². The first kappa shape index (κ1) is 9.40. The van der Waals surface area contributed by atoms with Gasteiger partial charge in [-0.3, -0.25) is 0 Å². The molecule has 3 rings (SSSR count). The van der Waals surface area contributed by atoms with Crippen molar-refractivity contribution >= 4 is 0 Å². The monoisotopic (exact) mass is 206 g/mol. The van der Waals surface area contributed by atoms with Gasteiger partial charge in [-0.05, 0) is 38.1 Å². The molecule has 82 valence electrons. The molecular weight excluding hydrogens is 188 g/mol. The minimum atomic E-state index is 0.611. The Labute approximate surface area is 90.1 Å². The highest BCUT2D eigenvalue weighted by Crippen LogP contribution is 2.38. The number of aryl methyl sites for hydroxylation is 1. The van der Waals surface area contributed by atoms with Gasteiger partial charge in [-0.1, -0.05) is 6.42 Å². The lowest BCUT2D eigenvalue weighted by Crippen LogP contribution is -2.21. The number of hydrogen-bond acceptors (Lipinski definition) is 3. The molecule has 2 N–H and O–H groups in total. The third-order valence-corrected chi connectivity index (χ3v) is 3.85. The third kappa shape index (κ3) is 1.59. The normalized spacial score (nSPS) is 26.1. The first-order chi connectivity index (χ1) is 7.36. The summed E-state index contributed by atoms with van der Waals surface area (Å²) in [5, 5.41) is 0. The van der Waals surface area contributed by atoms with Gasteiger partial charge >= 0.3 is 0 Å². The Morgan fingerprint density at radius 1 is 1.33 bits per heavy atom. The Balaban J connectivity index is 1.81. The second-order valence-electron chi connectivity index (χ2n) is 4.89. The summed E-state index contributed by atoms with van der Waals surface area (Å²) < 4.78 is 5.88. The van der Waals surface area contributed by atoms with Gasteiger partial charge in [0.1, 0.15) is 5.76 Å². The lowest BCUT2D eigenvalue weighted by atomic mass is 9.85. The highest BCUT2D eigenvalue weighted by molar-refractivity contribution is 5.16. The molecular formula is C12H18N2O. The number of fused-ring (bicyclic) bond motifs is 1. The van der Waals surface area contributed by atoms with Gasteiger partial charge in [0.25, 0.3) is 0 Å². The highest BCUT2D eigenvalue weighted by atomic mass is 16.4. The molecule has 2 aliphatic rings. The van der Waals surface area contributed by atoms with E-state index in [4.69, 9.17) is 10.2 Å². The fourth-order valence-corrected chi connectivity index (χ4v) is 2.49. The molecule has 1 heterocycles. The molecule has 0 aliphatic heterocycles. The average molecular weight is 206 g/mol. The fourth-order valence-electron chi connectivity index (χ4n) is 2.49. The van der Waals surface area contributed by atoms with Gasteiger partial charge in [-0.25, -0.2) is 4.98 Å². The summed E-state index contributed by atoms with van der Waals surface area (Å²) >= 11 is 0. The van der Waals surface area contributed by atoms with Gasteiger partial charge in [0.05, 0.1) is 5.69 Å². The van der Waals surface area contributed by atoms with Gasteiger partial charge in [0.15, 0.2) is 5.89 Å². The zero-order valence-corrected chi connectivity index (χ0v) is 9.04. The summed E-state index contributed by atoms with van der Waals surface area (Å²) in [7, 11) is 0. The molecule has 1 atom stereocenters. The molecule has 0 aromatic carbocycles. The van der Waals surface area contributed by atoms with Crippen LogP contribution in [0.4, 0.5) is 0 Å². The summed E-state index contributed by atoms with van der Waals surface area (Å²) in [5.74, 6) is 3.36. The summed E-state index contributed by atoms with van der Waals surface area (Å²) in [6.07, 6.45) is 7.11. The number of nitrogens with two attached hydrogens (primary N) is 1. The lowest BCUT2D eigenvalue weighted by Gasteiger charge is -2.21. The van der Waals surface area contributed by atoms with Crippen LogP contribution in [0.5, 0.6) is 0 Å². The van der Waals surface area contributed by atoms with Crippen LogP contribution in [-0.2, 0) is 12.8 Å². The number of aromatic nitrogens is 1. The second-order valence-corrected chi connectivity index (χ2v) is 4.89. The van der Waals surface area contributed by atoms with Crippen molar-refractivity contribution in [1.82, 2.24) is 4.98 Å². The van der Waals surface area contributed by atoms with Crippen molar-refractivity contribution in [2.24, 2.45) is 11.7 Å². The number of nitrogens with zero attached hydrogens (tertiary/aromatic N) is 1. The SMILES string of the molecule is NCC1CCc2nc(C3CCC3)oc2C1. The van der Waals surface area contributed by atoms with E-state index in [1.54, 1.807) is 0 Å². The molecule has 1 unspecified atom stereocenters. The molecule has 1 aromatic rings. The van der Waals surface area contributed by atoms with Crippen LogP contribution >= 0.6 is 0 Å². The van der Waals surface area contributed by atoms with Crippen molar-refractivity contribution < 1.29 is 4.42 Å². The van der Waals surface area contributed by atoms with E-state index in [9.17, 15) is 0 Å². The molecule has 2 aliphatic carbocycles. The number of oxazole rings is 1. The van der Waals surface area contributed by atoms with E-state index in [2.05, 4.69) is 4.98 Å². The van der Waals surface area contributed by atoms with Crippen molar-refractivity contribution in [1.29, 1.82) is 0 Å². The topological polar surface area (TPSA) is 52.0 Å². The molecule has 0 bridgehead atoms. The standard InChI is InChI=1S/C12H18N2O/c13-7-8-4-5-10-11(6-8)15-12(14-10)9-2-1-3-9/h8-9H,1-7,13H2. The third-order valence-electron chi connectivity index (χ3n) is 3.85. The predicted molar refractivity (Wildman–Crippen MR) is 57.7 cm³/mol.